The number of esters is 2. The molecule has 0 bridgehead atoms. The first-order valence-corrected chi connectivity index (χ1v) is 21.0. The summed E-state index contributed by atoms with van der Waals surface area (Å²) in [6, 6.07) is 0. The summed E-state index contributed by atoms with van der Waals surface area (Å²) in [6.07, 6.45) is 26.2. The zero-order chi connectivity index (χ0) is 36.2. The highest BCUT2D eigenvalue weighted by Gasteiger charge is 2.65. The molecule has 4 atom stereocenters. The number of carbonyl (C=O) groups excluding carboxylic acids is 2. The van der Waals surface area contributed by atoms with Crippen LogP contribution in [-0.2, 0) is 14.3 Å². The third kappa shape index (κ3) is 13.8. The maximum Gasteiger partial charge on any atom is 0.354 e. The summed E-state index contributed by atoms with van der Waals surface area (Å²) in [7, 11) is 0. The molecule has 2 aliphatic carbocycles. The lowest BCUT2D eigenvalue weighted by Crippen LogP contribution is -2.64. The van der Waals surface area contributed by atoms with E-state index in [0.29, 0.717) is 25.7 Å². The first-order valence-electron chi connectivity index (χ1n) is 21.0. The van der Waals surface area contributed by atoms with Crippen molar-refractivity contribution in [3.05, 3.63) is 0 Å². The Balaban J connectivity index is 1.89. The molecule has 288 valence electrons. The topological polar surface area (TPSA) is 83.8 Å². The summed E-state index contributed by atoms with van der Waals surface area (Å²) in [5.41, 5.74) is -9.45. The standard InChI is InChI=1S/C42H76F2O5/c1-5-7-9-11-13-15-17-19-21-23-27-35(3)33-41(43,39(47)29-25-30-39)37(45)49-38(46)42(44,40(48)31-26-32-40)34-36(4)28-24-22-20-18-16-14-12-10-8-6-2/h35-36,47-48H,5-34H2,1-4H3. The number of rotatable bonds is 30. The second-order valence-electron chi connectivity index (χ2n) is 16.6. The van der Waals surface area contributed by atoms with E-state index in [2.05, 4.69) is 13.8 Å². The fraction of sp³-hybridized carbons (Fsp3) is 0.952. The molecule has 5 nitrogen and oxygen atoms in total. The zero-order valence-corrected chi connectivity index (χ0v) is 32.2. The fourth-order valence-corrected chi connectivity index (χ4v) is 8.11. The molecular weight excluding hydrogens is 622 g/mol. The lowest BCUT2D eigenvalue weighted by molar-refractivity contribution is -0.216. The van der Waals surface area contributed by atoms with E-state index in [1.165, 1.54) is 89.9 Å². The van der Waals surface area contributed by atoms with Crippen molar-refractivity contribution in [3.63, 3.8) is 0 Å². The number of hydrogen-bond acceptors (Lipinski definition) is 5. The molecule has 7 heteroatoms. The average Bonchev–Trinajstić information content (AvgIpc) is 3.03. The normalized spacial score (nSPS) is 20.3. The summed E-state index contributed by atoms with van der Waals surface area (Å²) >= 11 is 0. The molecule has 0 aromatic heterocycles. The monoisotopic (exact) mass is 699 g/mol. The Hall–Kier alpha value is -1.08. The van der Waals surface area contributed by atoms with E-state index in [0.717, 1.165) is 38.5 Å². The number of ether oxygens (including phenoxy) is 1. The van der Waals surface area contributed by atoms with E-state index in [-0.39, 0.29) is 50.4 Å². The molecule has 0 heterocycles. The van der Waals surface area contributed by atoms with Crippen LogP contribution in [0.2, 0.25) is 0 Å². The van der Waals surface area contributed by atoms with Crippen LogP contribution in [0.1, 0.15) is 220 Å². The maximum absolute atomic E-state index is 16.8. The minimum atomic E-state index is -2.80. The average molecular weight is 699 g/mol. The second kappa shape index (κ2) is 22.8. The first-order chi connectivity index (χ1) is 23.4. The van der Waals surface area contributed by atoms with Gasteiger partial charge in [-0.15, -0.1) is 0 Å². The Morgan fingerprint density at radius 2 is 0.816 bits per heavy atom. The molecule has 0 radical (unpaired) electrons. The molecule has 2 aliphatic rings. The van der Waals surface area contributed by atoms with Crippen molar-refractivity contribution in [2.45, 2.75) is 243 Å². The van der Waals surface area contributed by atoms with Gasteiger partial charge in [0.15, 0.2) is 0 Å². The van der Waals surface area contributed by atoms with Crippen molar-refractivity contribution in [1.82, 2.24) is 0 Å². The van der Waals surface area contributed by atoms with Crippen molar-refractivity contribution in [2.24, 2.45) is 11.8 Å². The highest BCUT2D eigenvalue weighted by Crippen LogP contribution is 2.50. The summed E-state index contributed by atoms with van der Waals surface area (Å²) in [6.45, 7) is 8.18. The highest BCUT2D eigenvalue weighted by atomic mass is 19.1. The quantitative estimate of drug-likeness (QED) is 0.0443. The number of alkyl halides is 2. The Kier molecular flexibility index (Phi) is 20.5. The molecule has 49 heavy (non-hydrogen) atoms. The Labute approximate surface area is 299 Å². The van der Waals surface area contributed by atoms with Crippen LogP contribution < -0.4 is 0 Å². The fourth-order valence-electron chi connectivity index (χ4n) is 8.11. The van der Waals surface area contributed by atoms with Gasteiger partial charge in [-0.05, 0) is 63.2 Å². The van der Waals surface area contributed by atoms with Crippen LogP contribution in [0.15, 0.2) is 0 Å². The number of carbonyl (C=O) groups is 2. The number of hydrogen-bond donors (Lipinski definition) is 2. The predicted octanol–water partition coefficient (Wildman–Crippen LogP) is 12.0. The van der Waals surface area contributed by atoms with E-state index in [1.54, 1.807) is 0 Å². The largest absolute Gasteiger partial charge is 0.388 e. The van der Waals surface area contributed by atoms with Gasteiger partial charge in [-0.1, -0.05) is 169 Å². The summed E-state index contributed by atoms with van der Waals surface area (Å²) in [4.78, 5) is 27.0. The Morgan fingerprint density at radius 3 is 1.06 bits per heavy atom. The summed E-state index contributed by atoms with van der Waals surface area (Å²) < 4.78 is 38.7. The lowest BCUT2D eigenvalue weighted by Gasteiger charge is -2.48. The van der Waals surface area contributed by atoms with Crippen molar-refractivity contribution >= 4 is 11.9 Å². The predicted molar refractivity (Wildman–Crippen MR) is 197 cm³/mol. The molecule has 2 rings (SSSR count). The van der Waals surface area contributed by atoms with E-state index < -0.39 is 34.5 Å². The molecule has 0 aromatic carbocycles. The van der Waals surface area contributed by atoms with Gasteiger partial charge in [0.25, 0.3) is 0 Å². The van der Waals surface area contributed by atoms with Crippen molar-refractivity contribution in [3.8, 4) is 0 Å². The Morgan fingerprint density at radius 1 is 0.551 bits per heavy atom. The molecule has 0 aromatic rings. The van der Waals surface area contributed by atoms with Gasteiger partial charge >= 0.3 is 11.9 Å². The van der Waals surface area contributed by atoms with Gasteiger partial charge in [0.05, 0.1) is 0 Å². The molecule has 2 saturated carbocycles. The molecule has 0 spiro atoms. The van der Waals surface area contributed by atoms with Gasteiger partial charge < -0.3 is 14.9 Å². The van der Waals surface area contributed by atoms with E-state index in [9.17, 15) is 19.8 Å². The highest BCUT2D eigenvalue weighted by molar-refractivity contribution is 5.95. The van der Waals surface area contributed by atoms with Crippen LogP contribution in [0.25, 0.3) is 0 Å². The van der Waals surface area contributed by atoms with Gasteiger partial charge in [-0.25, -0.2) is 18.4 Å². The third-order valence-corrected chi connectivity index (χ3v) is 12.0. The zero-order valence-electron chi connectivity index (χ0n) is 32.2. The lowest BCUT2D eigenvalue weighted by atomic mass is 9.65. The van der Waals surface area contributed by atoms with E-state index >= 15 is 8.78 Å². The van der Waals surface area contributed by atoms with Crippen LogP contribution >= 0.6 is 0 Å². The van der Waals surface area contributed by atoms with Crippen molar-refractivity contribution in [1.29, 1.82) is 0 Å². The van der Waals surface area contributed by atoms with Crippen LogP contribution in [-0.4, -0.2) is 44.7 Å². The van der Waals surface area contributed by atoms with Gasteiger partial charge in [-0.3, -0.25) is 0 Å². The third-order valence-electron chi connectivity index (χ3n) is 12.0. The molecule has 2 N–H and O–H groups in total. The molecule has 4 unspecified atom stereocenters. The van der Waals surface area contributed by atoms with Crippen LogP contribution in [0.5, 0.6) is 0 Å². The summed E-state index contributed by atoms with van der Waals surface area (Å²) in [5, 5.41) is 22.3. The van der Waals surface area contributed by atoms with E-state index in [1.807, 2.05) is 13.8 Å². The second-order valence-corrected chi connectivity index (χ2v) is 16.6. The Bertz CT molecular complexity index is 847. The van der Waals surface area contributed by atoms with Gasteiger partial charge in [0.2, 0.25) is 11.3 Å². The van der Waals surface area contributed by atoms with Crippen molar-refractivity contribution in [2.75, 3.05) is 0 Å². The number of aliphatic hydroxyl groups is 2. The van der Waals surface area contributed by atoms with Crippen LogP contribution in [0.3, 0.4) is 0 Å². The molecular formula is C42H76F2O5. The van der Waals surface area contributed by atoms with Crippen LogP contribution in [0.4, 0.5) is 8.78 Å². The molecule has 0 amide bonds. The number of halogens is 2. The van der Waals surface area contributed by atoms with Gasteiger partial charge in [0.1, 0.15) is 11.2 Å². The molecule has 0 saturated heterocycles. The number of unbranched alkanes of at least 4 members (excludes halogenated alkanes) is 18. The first kappa shape index (κ1) is 44.1. The van der Waals surface area contributed by atoms with Gasteiger partial charge in [-0.2, -0.15) is 0 Å². The van der Waals surface area contributed by atoms with Crippen LogP contribution in [0, 0.1) is 11.8 Å². The van der Waals surface area contributed by atoms with Gasteiger partial charge in [0, 0.05) is 0 Å². The smallest absolute Gasteiger partial charge is 0.354 e. The minimum Gasteiger partial charge on any atom is -0.388 e. The SMILES string of the molecule is CCCCCCCCCCCCC(C)CC(F)(C(=O)OC(=O)C(F)(CC(C)CCCCCCCCCCCC)C1(O)CCC1)C1(O)CCC1. The van der Waals surface area contributed by atoms with Crippen molar-refractivity contribution < 1.29 is 33.3 Å². The maximum atomic E-state index is 16.8. The summed E-state index contributed by atoms with van der Waals surface area (Å²) in [5.74, 6) is -3.44. The van der Waals surface area contributed by atoms with E-state index in [4.69, 9.17) is 4.74 Å². The molecule has 0 aliphatic heterocycles. The molecule has 2 fully saturated rings. The minimum absolute atomic E-state index is 0.0956.